The molecule has 0 spiro atoms. The molecule has 1 atom stereocenters. The third-order valence-corrected chi connectivity index (χ3v) is 2.83. The van der Waals surface area contributed by atoms with E-state index in [-0.39, 0.29) is 18.4 Å². The molecule has 18 heavy (non-hydrogen) atoms. The molecule has 5 nitrogen and oxygen atoms in total. The van der Waals surface area contributed by atoms with E-state index in [1.54, 1.807) is 6.26 Å². The second-order valence-electron chi connectivity index (χ2n) is 4.33. The van der Waals surface area contributed by atoms with E-state index in [1.807, 2.05) is 18.2 Å². The minimum Gasteiger partial charge on any atom is -0.491 e. The van der Waals surface area contributed by atoms with Crippen LogP contribution in [0.5, 0.6) is 5.75 Å². The highest BCUT2D eigenvalue weighted by Gasteiger charge is 2.23. The van der Waals surface area contributed by atoms with Crippen LogP contribution in [0, 0.1) is 0 Å². The Labute approximate surface area is 103 Å². The molecule has 2 heterocycles. The van der Waals surface area contributed by atoms with Crippen LogP contribution in [0.2, 0.25) is 0 Å². The second-order valence-corrected chi connectivity index (χ2v) is 4.33. The third kappa shape index (κ3) is 2.31. The highest BCUT2D eigenvalue weighted by molar-refractivity contribution is 5.87. The van der Waals surface area contributed by atoms with E-state index in [2.05, 4.69) is 0 Å². The maximum atomic E-state index is 10.9. The van der Waals surface area contributed by atoms with Crippen molar-refractivity contribution in [3.8, 4) is 5.75 Å². The van der Waals surface area contributed by atoms with Gasteiger partial charge in [-0.15, -0.1) is 0 Å². The van der Waals surface area contributed by atoms with Gasteiger partial charge in [-0.2, -0.15) is 0 Å². The minimum absolute atomic E-state index is 0.184. The molecule has 1 aliphatic heterocycles. The highest BCUT2D eigenvalue weighted by atomic mass is 16.6. The molecular formula is C13H13NO4. The normalized spacial score (nSPS) is 17.9. The number of hydrogen-bond acceptors (Lipinski definition) is 4. The van der Waals surface area contributed by atoms with Gasteiger partial charge in [-0.3, -0.25) is 4.79 Å². The summed E-state index contributed by atoms with van der Waals surface area (Å²) >= 11 is 0. The zero-order chi connectivity index (χ0) is 12.5. The molecule has 1 saturated heterocycles. The van der Waals surface area contributed by atoms with E-state index < -0.39 is 0 Å². The summed E-state index contributed by atoms with van der Waals surface area (Å²) in [5.74, 6) is 0.363. The Morgan fingerprint density at radius 2 is 2.33 bits per heavy atom. The molecule has 1 amide bonds. The molecule has 1 aliphatic rings. The summed E-state index contributed by atoms with van der Waals surface area (Å²) in [7, 11) is 0. The van der Waals surface area contributed by atoms with E-state index >= 15 is 0 Å². The number of primary amides is 1. The number of carbonyl (C=O) groups is 1. The average molecular weight is 247 g/mol. The van der Waals surface area contributed by atoms with Crippen molar-refractivity contribution in [2.24, 2.45) is 5.73 Å². The van der Waals surface area contributed by atoms with Gasteiger partial charge >= 0.3 is 0 Å². The SMILES string of the molecule is NC(=O)Cc1coc2cc(OCC3CO3)ccc12. The van der Waals surface area contributed by atoms with Gasteiger partial charge in [0.25, 0.3) is 0 Å². The minimum atomic E-state index is -0.371. The number of nitrogens with two attached hydrogens (primary N) is 1. The van der Waals surface area contributed by atoms with Gasteiger partial charge in [0, 0.05) is 17.0 Å². The summed E-state index contributed by atoms with van der Waals surface area (Å²) in [4.78, 5) is 10.9. The maximum absolute atomic E-state index is 10.9. The zero-order valence-corrected chi connectivity index (χ0v) is 9.72. The van der Waals surface area contributed by atoms with Crippen molar-refractivity contribution in [2.75, 3.05) is 13.2 Å². The van der Waals surface area contributed by atoms with Gasteiger partial charge in [0.05, 0.1) is 19.3 Å². The number of fused-ring (bicyclic) bond motifs is 1. The number of rotatable bonds is 5. The Morgan fingerprint density at radius 1 is 1.50 bits per heavy atom. The summed E-state index contributed by atoms with van der Waals surface area (Å²) in [6.07, 6.45) is 1.97. The first kappa shape index (κ1) is 11.1. The Hall–Kier alpha value is -2.01. The Kier molecular flexibility index (Phi) is 2.68. The molecule has 1 aromatic heterocycles. The molecule has 94 valence electrons. The quantitative estimate of drug-likeness (QED) is 0.806. The van der Waals surface area contributed by atoms with Crippen molar-refractivity contribution in [2.45, 2.75) is 12.5 Å². The van der Waals surface area contributed by atoms with Gasteiger partial charge in [0.2, 0.25) is 5.91 Å². The largest absolute Gasteiger partial charge is 0.491 e. The number of carbonyl (C=O) groups excluding carboxylic acids is 1. The molecule has 2 aromatic rings. The molecule has 0 aliphatic carbocycles. The van der Waals surface area contributed by atoms with Crippen molar-refractivity contribution >= 4 is 16.9 Å². The topological polar surface area (TPSA) is 78.0 Å². The van der Waals surface area contributed by atoms with Crippen LogP contribution in [0.15, 0.2) is 28.9 Å². The van der Waals surface area contributed by atoms with Crippen LogP contribution >= 0.6 is 0 Å². The van der Waals surface area contributed by atoms with Crippen LogP contribution in [-0.4, -0.2) is 25.2 Å². The summed E-state index contributed by atoms with van der Waals surface area (Å²) < 4.78 is 16.0. The number of benzene rings is 1. The second kappa shape index (κ2) is 4.34. The molecule has 1 aromatic carbocycles. The van der Waals surface area contributed by atoms with Crippen molar-refractivity contribution in [3.05, 3.63) is 30.0 Å². The Morgan fingerprint density at radius 3 is 3.06 bits per heavy atom. The van der Waals surface area contributed by atoms with Crippen LogP contribution in [0.1, 0.15) is 5.56 Å². The highest BCUT2D eigenvalue weighted by Crippen LogP contribution is 2.26. The predicted molar refractivity (Wildman–Crippen MR) is 64.3 cm³/mol. The fourth-order valence-electron chi connectivity index (χ4n) is 1.83. The van der Waals surface area contributed by atoms with Crippen molar-refractivity contribution in [1.29, 1.82) is 0 Å². The van der Waals surface area contributed by atoms with E-state index in [0.717, 1.165) is 23.3 Å². The Bertz CT molecular complexity index is 586. The number of furan rings is 1. The first-order chi connectivity index (χ1) is 8.72. The van der Waals surface area contributed by atoms with Gasteiger partial charge in [-0.05, 0) is 12.1 Å². The number of ether oxygens (including phenoxy) is 2. The van der Waals surface area contributed by atoms with Crippen LogP contribution in [0.3, 0.4) is 0 Å². The smallest absolute Gasteiger partial charge is 0.221 e. The monoisotopic (exact) mass is 247 g/mol. The lowest BCUT2D eigenvalue weighted by atomic mass is 10.1. The summed E-state index contributed by atoms with van der Waals surface area (Å²) in [5, 5.41) is 0.892. The van der Waals surface area contributed by atoms with Gasteiger partial charge < -0.3 is 19.6 Å². The van der Waals surface area contributed by atoms with Gasteiger partial charge in [-0.25, -0.2) is 0 Å². The standard InChI is InChI=1S/C13H13NO4/c14-13(15)3-8-5-18-12-4-9(1-2-11(8)12)16-6-10-7-17-10/h1-2,4-5,10H,3,6-7H2,(H2,14,15). The lowest BCUT2D eigenvalue weighted by Crippen LogP contribution is -2.13. The number of hydrogen-bond donors (Lipinski definition) is 1. The Balaban J connectivity index is 1.81. The van der Waals surface area contributed by atoms with Gasteiger partial charge in [0.1, 0.15) is 24.0 Å². The van der Waals surface area contributed by atoms with E-state index in [9.17, 15) is 4.79 Å². The lowest BCUT2D eigenvalue weighted by Gasteiger charge is -2.03. The number of amides is 1. The summed E-state index contributed by atoms with van der Waals surface area (Å²) in [6, 6.07) is 5.53. The van der Waals surface area contributed by atoms with Gasteiger partial charge in [-0.1, -0.05) is 0 Å². The van der Waals surface area contributed by atoms with E-state index in [0.29, 0.717) is 12.2 Å². The van der Waals surface area contributed by atoms with Crippen LogP contribution in [0.4, 0.5) is 0 Å². The molecule has 0 saturated carbocycles. The molecule has 0 radical (unpaired) electrons. The predicted octanol–water partition coefficient (Wildman–Crippen LogP) is 1.24. The molecule has 0 bridgehead atoms. The van der Waals surface area contributed by atoms with Crippen molar-refractivity contribution in [3.63, 3.8) is 0 Å². The van der Waals surface area contributed by atoms with Crippen LogP contribution in [-0.2, 0) is 16.0 Å². The lowest BCUT2D eigenvalue weighted by molar-refractivity contribution is -0.117. The molecular weight excluding hydrogens is 234 g/mol. The average Bonchev–Trinajstić information content (AvgIpc) is 3.09. The van der Waals surface area contributed by atoms with E-state index in [1.165, 1.54) is 0 Å². The maximum Gasteiger partial charge on any atom is 0.221 e. The molecule has 5 heteroatoms. The van der Waals surface area contributed by atoms with Crippen LogP contribution in [0.25, 0.3) is 11.0 Å². The molecule has 2 N–H and O–H groups in total. The number of epoxide rings is 1. The zero-order valence-electron chi connectivity index (χ0n) is 9.72. The van der Waals surface area contributed by atoms with Crippen molar-refractivity contribution < 1.29 is 18.7 Å². The summed E-state index contributed by atoms with van der Waals surface area (Å²) in [5.41, 5.74) is 6.67. The first-order valence-electron chi connectivity index (χ1n) is 5.75. The fraction of sp³-hybridized carbons (Fsp3) is 0.308. The van der Waals surface area contributed by atoms with Crippen LogP contribution < -0.4 is 10.5 Å². The van der Waals surface area contributed by atoms with Gasteiger partial charge in [0.15, 0.2) is 0 Å². The summed E-state index contributed by atoms with van der Waals surface area (Å²) in [6.45, 7) is 1.33. The molecule has 1 unspecified atom stereocenters. The third-order valence-electron chi connectivity index (χ3n) is 2.83. The fourth-order valence-corrected chi connectivity index (χ4v) is 1.83. The first-order valence-corrected chi connectivity index (χ1v) is 5.75. The van der Waals surface area contributed by atoms with E-state index in [4.69, 9.17) is 19.6 Å². The van der Waals surface area contributed by atoms with Crippen molar-refractivity contribution in [1.82, 2.24) is 0 Å². The molecule has 3 rings (SSSR count). The molecule has 1 fully saturated rings.